The summed E-state index contributed by atoms with van der Waals surface area (Å²) >= 11 is 0. The summed E-state index contributed by atoms with van der Waals surface area (Å²) in [6.45, 7) is 2.33. The van der Waals surface area contributed by atoms with Crippen LogP contribution >= 0.6 is 0 Å². The number of nitrogens with two attached hydrogens (primary N) is 1. The molecule has 0 radical (unpaired) electrons. The monoisotopic (exact) mass is 101 g/mol. The predicted octanol–water partition coefficient (Wildman–Crippen LogP) is -0.460. The zero-order chi connectivity index (χ0) is 5.70. The van der Waals surface area contributed by atoms with Crippen LogP contribution in [0.2, 0.25) is 0 Å². The van der Waals surface area contributed by atoms with Gasteiger partial charge in [-0.05, 0) is 6.92 Å². The van der Waals surface area contributed by atoms with Crippen LogP contribution in [0.25, 0.3) is 0 Å². The molecule has 0 amide bonds. The normalized spacial score (nSPS) is 11.6. The zero-order valence-electron chi connectivity index (χ0n) is 4.73. The Morgan fingerprint density at radius 3 is 2.57 bits per heavy atom. The molecule has 0 aromatic rings. The zero-order valence-corrected chi connectivity index (χ0v) is 4.73. The minimum absolute atomic E-state index is 0.461. The molecule has 0 spiro atoms. The Labute approximate surface area is 43.6 Å². The van der Waals surface area contributed by atoms with E-state index < -0.39 is 0 Å². The molecule has 0 unspecified atom stereocenters. The average Bonchev–Trinajstić information content (AvgIpc) is 1.68. The van der Waals surface area contributed by atoms with E-state index in [1.165, 1.54) is 0 Å². The van der Waals surface area contributed by atoms with Gasteiger partial charge >= 0.3 is 0 Å². The van der Waals surface area contributed by atoms with Crippen molar-refractivity contribution in [1.82, 2.24) is 5.32 Å². The minimum Gasteiger partial charge on any atom is -0.362 e. The fourth-order valence-corrected chi connectivity index (χ4v) is 0.227. The molecule has 0 saturated carbocycles. The second-order valence-electron chi connectivity index (χ2n) is 1.19. The van der Waals surface area contributed by atoms with Crippen molar-refractivity contribution in [3.05, 3.63) is 0 Å². The molecule has 0 rings (SSSR count). The summed E-state index contributed by atoms with van der Waals surface area (Å²) < 4.78 is 0. The van der Waals surface area contributed by atoms with Crippen molar-refractivity contribution in [2.45, 2.75) is 6.92 Å². The van der Waals surface area contributed by atoms with E-state index in [0.717, 1.165) is 5.84 Å². The second kappa shape index (κ2) is 3.61. The molecule has 0 bridgehead atoms. The molecule has 0 aliphatic heterocycles. The van der Waals surface area contributed by atoms with Crippen molar-refractivity contribution >= 4 is 5.84 Å². The minimum atomic E-state index is 0.461. The second-order valence-corrected chi connectivity index (χ2v) is 1.19. The predicted molar refractivity (Wildman–Crippen MR) is 31.2 cm³/mol. The van der Waals surface area contributed by atoms with Gasteiger partial charge in [-0.1, -0.05) is 0 Å². The molecule has 0 aromatic carbocycles. The summed E-state index contributed by atoms with van der Waals surface area (Å²) in [6, 6.07) is 0. The highest BCUT2D eigenvalue weighted by Gasteiger charge is 1.77. The van der Waals surface area contributed by atoms with Crippen molar-refractivity contribution in [3.63, 3.8) is 0 Å². The summed E-state index contributed by atoms with van der Waals surface area (Å²) in [7, 11) is 1.72. The summed E-state index contributed by atoms with van der Waals surface area (Å²) in [6.07, 6.45) is 0. The van der Waals surface area contributed by atoms with E-state index in [1.807, 2.05) is 6.92 Å². The van der Waals surface area contributed by atoms with Gasteiger partial charge < -0.3 is 11.1 Å². The van der Waals surface area contributed by atoms with Gasteiger partial charge in [0.25, 0.3) is 0 Å². The molecule has 0 heterocycles. The lowest BCUT2D eigenvalue weighted by Gasteiger charge is -1.96. The molecule has 7 heavy (non-hydrogen) atoms. The lowest BCUT2D eigenvalue weighted by molar-refractivity contribution is 0.918. The van der Waals surface area contributed by atoms with Crippen molar-refractivity contribution in [3.8, 4) is 0 Å². The number of aliphatic imine (C=N–C) groups is 1. The van der Waals surface area contributed by atoms with Gasteiger partial charge in [0.15, 0.2) is 0 Å². The van der Waals surface area contributed by atoms with Crippen LogP contribution in [0.5, 0.6) is 0 Å². The Hall–Kier alpha value is -0.570. The number of hydrogen-bond acceptors (Lipinski definition) is 2. The third-order valence-corrected chi connectivity index (χ3v) is 0.693. The lowest BCUT2D eigenvalue weighted by atomic mass is 10.7. The van der Waals surface area contributed by atoms with Crippen molar-refractivity contribution < 1.29 is 0 Å². The van der Waals surface area contributed by atoms with Gasteiger partial charge in [-0.3, -0.25) is 4.99 Å². The van der Waals surface area contributed by atoms with Crippen LogP contribution in [0.4, 0.5) is 0 Å². The van der Waals surface area contributed by atoms with Crippen LogP contribution in [0, 0.1) is 0 Å². The number of hydrogen-bond donors (Lipinski definition) is 2. The van der Waals surface area contributed by atoms with Gasteiger partial charge in [-0.15, -0.1) is 0 Å². The molecule has 0 saturated heterocycles. The van der Waals surface area contributed by atoms with E-state index in [9.17, 15) is 0 Å². The number of rotatable bonds is 1. The molecule has 0 fully saturated rings. The van der Waals surface area contributed by atoms with Gasteiger partial charge in [-0.25, -0.2) is 0 Å². The fourth-order valence-electron chi connectivity index (χ4n) is 0.227. The third-order valence-electron chi connectivity index (χ3n) is 0.693. The standard InChI is InChI=1S/C4H11N3/c1-4(6-2)7-3-5/h3,5H2,1-2H3,(H,6,7). The quantitative estimate of drug-likeness (QED) is 0.267. The molecule has 3 heteroatoms. The van der Waals surface area contributed by atoms with Crippen LogP contribution in [0.15, 0.2) is 4.99 Å². The van der Waals surface area contributed by atoms with Gasteiger partial charge in [0.1, 0.15) is 0 Å². The largest absolute Gasteiger partial charge is 0.362 e. The van der Waals surface area contributed by atoms with Gasteiger partial charge in [-0.2, -0.15) is 0 Å². The van der Waals surface area contributed by atoms with E-state index in [4.69, 9.17) is 5.73 Å². The highest BCUT2D eigenvalue weighted by molar-refractivity contribution is 5.79. The van der Waals surface area contributed by atoms with Gasteiger partial charge in [0.05, 0.1) is 12.5 Å². The average molecular weight is 101 g/mol. The first-order valence-electron chi connectivity index (χ1n) is 2.18. The first-order valence-corrected chi connectivity index (χ1v) is 2.18. The Morgan fingerprint density at radius 1 is 1.86 bits per heavy atom. The van der Waals surface area contributed by atoms with E-state index in [2.05, 4.69) is 10.3 Å². The summed E-state index contributed by atoms with van der Waals surface area (Å²) in [5.74, 6) is 0.877. The first kappa shape index (κ1) is 6.43. The SMILES string of the molecule is CN=C(C)NCN. The van der Waals surface area contributed by atoms with Crippen molar-refractivity contribution in [2.24, 2.45) is 10.7 Å². The van der Waals surface area contributed by atoms with Crippen LogP contribution in [0.1, 0.15) is 6.92 Å². The topological polar surface area (TPSA) is 50.4 Å². The van der Waals surface area contributed by atoms with Crippen molar-refractivity contribution in [1.29, 1.82) is 0 Å². The molecule has 0 aromatic heterocycles. The van der Waals surface area contributed by atoms with E-state index >= 15 is 0 Å². The molecule has 0 aliphatic rings. The van der Waals surface area contributed by atoms with Gasteiger partial charge in [0.2, 0.25) is 0 Å². The summed E-state index contributed by atoms with van der Waals surface area (Å²) in [5, 5.41) is 2.82. The van der Waals surface area contributed by atoms with Crippen LogP contribution in [-0.2, 0) is 0 Å². The number of amidine groups is 1. The molecule has 3 nitrogen and oxygen atoms in total. The maximum absolute atomic E-state index is 5.11. The highest BCUT2D eigenvalue weighted by Crippen LogP contribution is 1.61. The smallest absolute Gasteiger partial charge is 0.0938 e. The lowest BCUT2D eigenvalue weighted by Crippen LogP contribution is -2.26. The molecular weight excluding hydrogens is 90.1 g/mol. The van der Waals surface area contributed by atoms with Crippen LogP contribution < -0.4 is 11.1 Å². The third kappa shape index (κ3) is 3.26. The Bertz CT molecular complexity index is 67.3. The number of nitrogens with one attached hydrogen (secondary N) is 1. The van der Waals surface area contributed by atoms with Crippen LogP contribution in [-0.4, -0.2) is 19.6 Å². The van der Waals surface area contributed by atoms with E-state index in [-0.39, 0.29) is 0 Å². The Kier molecular flexibility index (Phi) is 3.32. The summed E-state index contributed by atoms with van der Waals surface area (Å²) in [4.78, 5) is 3.80. The first-order chi connectivity index (χ1) is 3.31. The number of nitrogens with zero attached hydrogens (tertiary/aromatic N) is 1. The van der Waals surface area contributed by atoms with E-state index in [0.29, 0.717) is 6.67 Å². The van der Waals surface area contributed by atoms with Crippen molar-refractivity contribution in [2.75, 3.05) is 13.7 Å². The molecule has 42 valence electrons. The maximum atomic E-state index is 5.11. The van der Waals surface area contributed by atoms with Crippen LogP contribution in [0.3, 0.4) is 0 Å². The summed E-state index contributed by atoms with van der Waals surface area (Å²) in [5.41, 5.74) is 5.11. The van der Waals surface area contributed by atoms with Gasteiger partial charge in [0, 0.05) is 7.05 Å². The molecular formula is C4H11N3. The molecule has 3 N–H and O–H groups in total. The molecule has 0 atom stereocenters. The Morgan fingerprint density at radius 2 is 2.43 bits per heavy atom. The fraction of sp³-hybridized carbons (Fsp3) is 0.750. The molecule has 0 aliphatic carbocycles. The highest BCUT2D eigenvalue weighted by atomic mass is 15.0. The maximum Gasteiger partial charge on any atom is 0.0938 e. The van der Waals surface area contributed by atoms with E-state index in [1.54, 1.807) is 7.05 Å². The Balaban J connectivity index is 3.17.